The van der Waals surface area contributed by atoms with E-state index in [1.165, 1.54) is 37.5 Å². The van der Waals surface area contributed by atoms with E-state index in [2.05, 4.69) is 5.32 Å². The fraction of sp³-hybridized carbons (Fsp3) is 0.118. The van der Waals surface area contributed by atoms with E-state index in [1.54, 1.807) is 31.4 Å². The molecule has 0 fully saturated rings. The van der Waals surface area contributed by atoms with Crippen LogP contribution in [-0.4, -0.2) is 42.5 Å². The zero-order valence-corrected chi connectivity index (χ0v) is 15.5. The number of amides is 1. The van der Waals surface area contributed by atoms with Gasteiger partial charge in [0.1, 0.15) is 0 Å². The molecule has 0 aliphatic rings. The van der Waals surface area contributed by atoms with Gasteiger partial charge in [-0.15, -0.1) is 0 Å². The Morgan fingerprint density at radius 1 is 1.08 bits per heavy atom. The zero-order valence-electron chi connectivity index (χ0n) is 13.7. The minimum absolute atomic E-state index is 0.0483. The molecule has 25 heavy (non-hydrogen) atoms. The molecule has 1 amide bonds. The van der Waals surface area contributed by atoms with Crippen LogP contribution in [0, 0.1) is 0 Å². The summed E-state index contributed by atoms with van der Waals surface area (Å²) >= 11 is -4.91. The molecule has 0 aliphatic carbocycles. The Hall–Kier alpha value is -2.47. The van der Waals surface area contributed by atoms with Crippen molar-refractivity contribution in [3.8, 4) is 11.5 Å². The van der Waals surface area contributed by atoms with Crippen LogP contribution in [0.5, 0.6) is 11.5 Å². The van der Waals surface area contributed by atoms with E-state index in [4.69, 9.17) is 17.7 Å². The number of benzene rings is 2. The van der Waals surface area contributed by atoms with Crippen LogP contribution in [0.1, 0.15) is 5.56 Å². The second kappa shape index (κ2) is 8.07. The number of anilines is 1. The monoisotopic (exact) mass is 407 g/mol. The van der Waals surface area contributed by atoms with Crippen molar-refractivity contribution in [2.45, 2.75) is 0 Å². The summed E-state index contributed by atoms with van der Waals surface area (Å²) in [4.78, 5) is 12.0. The second-order valence-electron chi connectivity index (χ2n) is 5.02. The fourth-order valence-corrected chi connectivity index (χ4v) is 3.19. The van der Waals surface area contributed by atoms with Crippen LogP contribution in [0.25, 0.3) is 6.08 Å². The molecule has 8 heteroatoms. The molecule has 0 aliphatic heterocycles. The SMILES string of the molecule is COc1ccc(OC)c(/C=C/C(=O)Nc2ccc([As](=O)(O)O)cc2)c1. The van der Waals surface area contributed by atoms with Crippen LogP contribution in [0.2, 0.25) is 0 Å². The molecule has 132 valence electrons. The van der Waals surface area contributed by atoms with E-state index in [1.807, 2.05) is 0 Å². The van der Waals surface area contributed by atoms with Gasteiger partial charge < -0.3 is 0 Å². The van der Waals surface area contributed by atoms with E-state index >= 15 is 0 Å². The van der Waals surface area contributed by atoms with Crippen molar-refractivity contribution in [2.75, 3.05) is 19.5 Å². The molecule has 0 radical (unpaired) electrons. The van der Waals surface area contributed by atoms with Gasteiger partial charge in [0.15, 0.2) is 0 Å². The summed E-state index contributed by atoms with van der Waals surface area (Å²) in [6.07, 6.45) is 2.92. The van der Waals surface area contributed by atoms with Gasteiger partial charge in [0, 0.05) is 0 Å². The third-order valence-corrected chi connectivity index (χ3v) is 5.36. The molecular weight excluding hydrogens is 389 g/mol. The first kappa shape index (κ1) is 18.9. The number of carbonyl (C=O) groups excluding carboxylic acids is 1. The van der Waals surface area contributed by atoms with Gasteiger partial charge in [-0.25, -0.2) is 0 Å². The molecule has 2 aromatic carbocycles. The first-order chi connectivity index (χ1) is 11.8. The third-order valence-electron chi connectivity index (χ3n) is 3.32. The number of rotatable bonds is 6. The molecule has 2 rings (SSSR count). The Balaban J connectivity index is 2.09. The number of nitrogens with one attached hydrogen (secondary N) is 1. The van der Waals surface area contributed by atoms with Crippen molar-refractivity contribution in [1.29, 1.82) is 0 Å². The number of hydrogen-bond acceptors (Lipinski definition) is 4. The van der Waals surface area contributed by atoms with Crippen LogP contribution >= 0.6 is 0 Å². The number of hydrogen-bond donors (Lipinski definition) is 3. The van der Waals surface area contributed by atoms with Gasteiger partial charge in [-0.2, -0.15) is 0 Å². The standard InChI is InChI=1S/C17H18AsNO6/c1-24-15-8-9-16(25-2)12(11-15)3-10-17(20)19-14-6-4-13(5-7-14)18(21,22)23/h3-11H,1-2H3,(H,19,20)(H2,21,22,23)/b10-3+. The van der Waals surface area contributed by atoms with Gasteiger partial charge >= 0.3 is 140 Å². The van der Waals surface area contributed by atoms with Gasteiger partial charge in [-0.05, 0) is 0 Å². The maximum atomic E-state index is 12.0. The van der Waals surface area contributed by atoms with Crippen LogP contribution in [-0.2, 0) is 8.53 Å². The van der Waals surface area contributed by atoms with E-state index in [-0.39, 0.29) is 10.3 Å². The van der Waals surface area contributed by atoms with Crippen molar-refractivity contribution >= 4 is 36.2 Å². The summed E-state index contributed by atoms with van der Waals surface area (Å²) in [7, 11) is 3.08. The molecule has 7 nitrogen and oxygen atoms in total. The topological polar surface area (TPSA) is 105 Å². The average Bonchev–Trinajstić information content (AvgIpc) is 2.59. The molecule has 3 N–H and O–H groups in total. The Kier molecular flexibility index (Phi) is 6.09. The van der Waals surface area contributed by atoms with Gasteiger partial charge in [0.2, 0.25) is 0 Å². The Bertz CT molecular complexity index is 826. The minimum atomic E-state index is -4.91. The summed E-state index contributed by atoms with van der Waals surface area (Å²) in [6, 6.07) is 10.7. The van der Waals surface area contributed by atoms with Crippen molar-refractivity contribution in [1.82, 2.24) is 0 Å². The van der Waals surface area contributed by atoms with Crippen molar-refractivity contribution in [3.63, 3.8) is 0 Å². The van der Waals surface area contributed by atoms with Crippen LogP contribution in [0.4, 0.5) is 5.69 Å². The molecule has 0 saturated heterocycles. The molecule has 0 bridgehead atoms. The van der Waals surface area contributed by atoms with Gasteiger partial charge in [-0.1, -0.05) is 0 Å². The maximum absolute atomic E-state index is 12.0. The summed E-state index contributed by atoms with van der Waals surface area (Å²) in [5.41, 5.74) is 1.11. The molecule has 0 atom stereocenters. The van der Waals surface area contributed by atoms with Crippen LogP contribution < -0.4 is 19.1 Å². The average molecular weight is 407 g/mol. The summed E-state index contributed by atoms with van der Waals surface area (Å²) in [6.45, 7) is 0. The first-order valence-corrected chi connectivity index (χ1v) is 10.6. The van der Waals surface area contributed by atoms with Crippen molar-refractivity contribution in [3.05, 3.63) is 54.1 Å². The summed E-state index contributed by atoms with van der Waals surface area (Å²) in [5, 5.41) is 2.61. The predicted octanol–water partition coefficient (Wildman–Crippen LogP) is 0.917. The Morgan fingerprint density at radius 2 is 1.76 bits per heavy atom. The molecular formula is C17H18AsNO6. The first-order valence-electron chi connectivity index (χ1n) is 7.21. The number of carbonyl (C=O) groups is 1. The van der Waals surface area contributed by atoms with E-state index in [0.29, 0.717) is 22.7 Å². The van der Waals surface area contributed by atoms with Gasteiger partial charge in [0.05, 0.1) is 7.11 Å². The Labute approximate surface area is 147 Å². The molecule has 0 heterocycles. The molecule has 2 aromatic rings. The summed E-state index contributed by atoms with van der Waals surface area (Å²) < 4.78 is 39.7. The fourth-order valence-electron chi connectivity index (χ4n) is 2.06. The molecule has 0 aromatic heterocycles. The van der Waals surface area contributed by atoms with Crippen molar-refractivity contribution < 1.29 is 26.2 Å². The van der Waals surface area contributed by atoms with E-state index in [9.17, 15) is 8.53 Å². The quantitative estimate of drug-likeness (QED) is 0.486. The van der Waals surface area contributed by atoms with Crippen LogP contribution in [0.15, 0.2) is 48.5 Å². The van der Waals surface area contributed by atoms with E-state index < -0.39 is 14.2 Å². The molecule has 0 saturated carbocycles. The normalized spacial score (nSPS) is 11.4. The number of ether oxygens (including phenoxy) is 2. The second-order valence-corrected chi connectivity index (χ2v) is 8.39. The number of methoxy groups -OCH3 is 2. The van der Waals surface area contributed by atoms with E-state index in [0.717, 1.165) is 0 Å². The molecule has 0 unspecified atom stereocenters. The molecule has 0 spiro atoms. The van der Waals surface area contributed by atoms with Gasteiger partial charge in [0.25, 0.3) is 0 Å². The third kappa shape index (κ3) is 5.25. The van der Waals surface area contributed by atoms with Gasteiger partial charge in [-0.3, -0.25) is 0 Å². The summed E-state index contributed by atoms with van der Waals surface area (Å²) in [5.74, 6) is 0.841. The zero-order chi connectivity index (χ0) is 18.4. The van der Waals surface area contributed by atoms with Crippen LogP contribution in [0.3, 0.4) is 0 Å². The predicted molar refractivity (Wildman–Crippen MR) is 94.2 cm³/mol. The Morgan fingerprint density at radius 3 is 2.32 bits per heavy atom. The van der Waals surface area contributed by atoms with Crippen molar-refractivity contribution in [2.24, 2.45) is 0 Å².